The molecule has 138 valence electrons. The second-order valence-electron chi connectivity index (χ2n) is 6.42. The molecule has 27 heavy (non-hydrogen) atoms. The number of anilines is 1. The minimum atomic E-state index is -4.56. The van der Waals surface area contributed by atoms with Crippen LogP contribution in [0, 0.1) is 0 Å². The van der Waals surface area contributed by atoms with Crippen molar-refractivity contribution in [3.05, 3.63) is 69.9 Å². The molecule has 4 rings (SSSR count). The van der Waals surface area contributed by atoms with Crippen LogP contribution in [0.5, 0.6) is 0 Å². The van der Waals surface area contributed by atoms with Crippen LogP contribution in [0.3, 0.4) is 0 Å². The molecule has 2 aromatic carbocycles. The number of pyridine rings is 1. The van der Waals surface area contributed by atoms with E-state index in [9.17, 15) is 18.0 Å². The van der Waals surface area contributed by atoms with Gasteiger partial charge in [0.15, 0.2) is 0 Å². The number of para-hydroxylation sites is 1. The average molecular weight is 391 g/mol. The molecule has 0 atom stereocenters. The zero-order valence-electron chi connectivity index (χ0n) is 14.0. The lowest BCUT2D eigenvalue weighted by atomic mass is 10.00. The average Bonchev–Trinajstić information content (AvgIpc) is 3.07. The molecule has 0 saturated heterocycles. The zero-order valence-corrected chi connectivity index (χ0v) is 14.8. The van der Waals surface area contributed by atoms with Crippen LogP contribution >= 0.6 is 11.6 Å². The van der Waals surface area contributed by atoms with Gasteiger partial charge in [0.2, 0.25) is 0 Å². The van der Waals surface area contributed by atoms with E-state index in [0.29, 0.717) is 27.9 Å². The molecule has 0 aliphatic heterocycles. The molecular weight excluding hydrogens is 377 g/mol. The van der Waals surface area contributed by atoms with E-state index >= 15 is 0 Å². The number of rotatable bonds is 2. The van der Waals surface area contributed by atoms with Gasteiger partial charge in [0.05, 0.1) is 22.3 Å². The van der Waals surface area contributed by atoms with Crippen molar-refractivity contribution in [1.82, 2.24) is 4.98 Å². The van der Waals surface area contributed by atoms with E-state index in [0.717, 1.165) is 30.2 Å². The van der Waals surface area contributed by atoms with Crippen LogP contribution in [0.2, 0.25) is 5.02 Å². The summed E-state index contributed by atoms with van der Waals surface area (Å²) in [5.74, 6) is -0.584. The van der Waals surface area contributed by atoms with Gasteiger partial charge >= 0.3 is 6.18 Å². The molecule has 0 spiro atoms. The van der Waals surface area contributed by atoms with E-state index in [1.807, 2.05) is 0 Å². The van der Waals surface area contributed by atoms with Crippen molar-refractivity contribution in [3.8, 4) is 0 Å². The summed E-state index contributed by atoms with van der Waals surface area (Å²) >= 11 is 6.08. The van der Waals surface area contributed by atoms with Crippen LogP contribution in [0.15, 0.2) is 42.5 Å². The van der Waals surface area contributed by atoms with Crippen LogP contribution in [0.1, 0.15) is 33.6 Å². The maximum atomic E-state index is 13.2. The lowest BCUT2D eigenvalue weighted by Crippen LogP contribution is -2.19. The van der Waals surface area contributed by atoms with Gasteiger partial charge in [-0.25, -0.2) is 0 Å². The summed E-state index contributed by atoms with van der Waals surface area (Å²) in [5.41, 5.74) is 1.41. The first-order valence-electron chi connectivity index (χ1n) is 8.43. The summed E-state index contributed by atoms with van der Waals surface area (Å²) < 4.78 is 39.7. The predicted octanol–water partition coefficient (Wildman–Crippen LogP) is 5.65. The Bertz CT molecular complexity index is 1060. The van der Waals surface area contributed by atoms with Crippen molar-refractivity contribution in [3.63, 3.8) is 0 Å². The molecule has 1 heterocycles. The standard InChI is InChI=1S/C20H14ClF3N2O/c21-11-8-9-16-13(10-11)18(12-4-3-7-15(12)25-16)19(27)26-17-6-2-1-5-14(17)20(22,23)24/h1-2,5-6,8-10H,3-4,7H2,(H,26,27). The van der Waals surface area contributed by atoms with Gasteiger partial charge in [0.1, 0.15) is 0 Å². The minimum Gasteiger partial charge on any atom is -0.321 e. The summed E-state index contributed by atoms with van der Waals surface area (Å²) in [6, 6.07) is 9.97. The highest BCUT2D eigenvalue weighted by molar-refractivity contribution is 6.31. The molecule has 0 bridgehead atoms. The first-order chi connectivity index (χ1) is 12.8. The van der Waals surface area contributed by atoms with Gasteiger partial charge in [-0.1, -0.05) is 23.7 Å². The lowest BCUT2D eigenvalue weighted by molar-refractivity contribution is -0.136. The Hall–Kier alpha value is -2.60. The van der Waals surface area contributed by atoms with Gasteiger partial charge in [-0.05, 0) is 55.2 Å². The molecule has 0 fully saturated rings. The Morgan fingerprint density at radius 2 is 1.89 bits per heavy atom. The second kappa shape index (κ2) is 6.53. The number of nitrogens with one attached hydrogen (secondary N) is 1. The third kappa shape index (κ3) is 3.25. The van der Waals surface area contributed by atoms with Gasteiger partial charge in [-0.3, -0.25) is 9.78 Å². The number of amides is 1. The second-order valence-corrected chi connectivity index (χ2v) is 6.86. The molecule has 0 radical (unpaired) electrons. The smallest absolute Gasteiger partial charge is 0.321 e. The first kappa shape index (κ1) is 17.8. The minimum absolute atomic E-state index is 0.270. The summed E-state index contributed by atoms with van der Waals surface area (Å²) in [6.07, 6.45) is -2.30. The number of alkyl halides is 3. The van der Waals surface area contributed by atoms with E-state index in [4.69, 9.17) is 11.6 Å². The van der Waals surface area contributed by atoms with Gasteiger partial charge in [-0.15, -0.1) is 0 Å². The molecule has 3 nitrogen and oxygen atoms in total. The molecule has 1 amide bonds. The highest BCUT2D eigenvalue weighted by atomic mass is 35.5. The monoisotopic (exact) mass is 390 g/mol. The summed E-state index contributed by atoms with van der Waals surface area (Å²) in [6.45, 7) is 0. The highest BCUT2D eigenvalue weighted by Crippen LogP contribution is 2.36. The molecule has 0 saturated carbocycles. The Balaban J connectivity index is 1.84. The van der Waals surface area contributed by atoms with Crippen molar-refractivity contribution in [2.75, 3.05) is 5.32 Å². The number of benzene rings is 2. The first-order valence-corrected chi connectivity index (χ1v) is 8.81. The fourth-order valence-corrected chi connectivity index (χ4v) is 3.69. The third-order valence-electron chi connectivity index (χ3n) is 4.68. The Labute approximate surface area is 158 Å². The van der Waals surface area contributed by atoms with Crippen molar-refractivity contribution < 1.29 is 18.0 Å². The van der Waals surface area contributed by atoms with Crippen LogP contribution in [-0.2, 0) is 19.0 Å². The summed E-state index contributed by atoms with van der Waals surface area (Å²) in [4.78, 5) is 17.6. The Kier molecular flexibility index (Phi) is 4.30. The zero-order chi connectivity index (χ0) is 19.2. The van der Waals surface area contributed by atoms with E-state index in [2.05, 4.69) is 10.3 Å². The largest absolute Gasteiger partial charge is 0.418 e. The normalized spacial score (nSPS) is 13.6. The van der Waals surface area contributed by atoms with E-state index in [1.54, 1.807) is 18.2 Å². The topological polar surface area (TPSA) is 42.0 Å². The van der Waals surface area contributed by atoms with Gasteiger partial charge in [-0.2, -0.15) is 13.2 Å². The molecule has 0 unspecified atom stereocenters. The maximum absolute atomic E-state index is 13.2. The van der Waals surface area contributed by atoms with Gasteiger partial charge in [0, 0.05) is 16.1 Å². The van der Waals surface area contributed by atoms with E-state index in [1.165, 1.54) is 18.2 Å². The maximum Gasteiger partial charge on any atom is 0.418 e. The fraction of sp³-hybridized carbons (Fsp3) is 0.200. The Morgan fingerprint density at radius 3 is 2.67 bits per heavy atom. The lowest BCUT2D eigenvalue weighted by Gasteiger charge is -2.16. The van der Waals surface area contributed by atoms with Gasteiger partial charge < -0.3 is 5.32 Å². The number of aryl methyl sites for hydroxylation is 1. The summed E-state index contributed by atoms with van der Waals surface area (Å²) in [5, 5.41) is 3.43. The molecule has 1 N–H and O–H groups in total. The number of hydrogen-bond donors (Lipinski definition) is 1. The number of fused-ring (bicyclic) bond motifs is 2. The SMILES string of the molecule is O=C(Nc1ccccc1C(F)(F)F)c1c2c(nc3ccc(Cl)cc13)CCC2. The fourth-order valence-electron chi connectivity index (χ4n) is 3.52. The molecule has 3 aromatic rings. The van der Waals surface area contributed by atoms with Crippen molar-refractivity contribution >= 4 is 34.1 Å². The van der Waals surface area contributed by atoms with Crippen LogP contribution < -0.4 is 5.32 Å². The molecule has 1 aliphatic rings. The van der Waals surface area contributed by atoms with Crippen LogP contribution in [0.25, 0.3) is 10.9 Å². The van der Waals surface area contributed by atoms with Crippen LogP contribution in [0.4, 0.5) is 18.9 Å². The molecule has 7 heteroatoms. The number of hydrogen-bond acceptors (Lipinski definition) is 2. The highest BCUT2D eigenvalue weighted by Gasteiger charge is 2.34. The van der Waals surface area contributed by atoms with E-state index < -0.39 is 17.6 Å². The van der Waals surface area contributed by atoms with Crippen molar-refractivity contribution in [1.29, 1.82) is 0 Å². The summed E-state index contributed by atoms with van der Waals surface area (Å²) in [7, 11) is 0. The number of halogens is 4. The molecular formula is C20H14ClF3N2O. The Morgan fingerprint density at radius 1 is 1.11 bits per heavy atom. The van der Waals surface area contributed by atoms with Gasteiger partial charge in [0.25, 0.3) is 5.91 Å². The number of aromatic nitrogens is 1. The number of nitrogens with zero attached hydrogens (tertiary/aromatic N) is 1. The predicted molar refractivity (Wildman–Crippen MR) is 98.2 cm³/mol. The van der Waals surface area contributed by atoms with Crippen molar-refractivity contribution in [2.45, 2.75) is 25.4 Å². The quantitative estimate of drug-likeness (QED) is 0.614. The van der Waals surface area contributed by atoms with E-state index in [-0.39, 0.29) is 5.69 Å². The van der Waals surface area contributed by atoms with Crippen LogP contribution in [-0.4, -0.2) is 10.9 Å². The number of carbonyl (C=O) groups excluding carboxylic acids is 1. The molecule has 1 aromatic heterocycles. The van der Waals surface area contributed by atoms with Crippen molar-refractivity contribution in [2.24, 2.45) is 0 Å². The molecule has 1 aliphatic carbocycles. The third-order valence-corrected chi connectivity index (χ3v) is 4.92. The number of carbonyl (C=O) groups is 1.